The van der Waals surface area contributed by atoms with E-state index in [4.69, 9.17) is 11.2 Å². The van der Waals surface area contributed by atoms with Crippen molar-refractivity contribution >= 4 is 6.16 Å². The first-order valence-electron chi connectivity index (χ1n) is 4.62. The van der Waals surface area contributed by atoms with Gasteiger partial charge in [-0.1, -0.05) is 36.3 Å². The van der Waals surface area contributed by atoms with Crippen molar-refractivity contribution in [3.8, 4) is 12.3 Å². The molecular formula is C12H12O3. The molecule has 0 saturated heterocycles. The molecule has 0 aliphatic heterocycles. The predicted octanol–water partition coefficient (Wildman–Crippen LogP) is 2.53. The summed E-state index contributed by atoms with van der Waals surface area (Å²) in [6, 6.07) is 9.11. The molecule has 3 heteroatoms. The van der Waals surface area contributed by atoms with Gasteiger partial charge in [-0.15, -0.1) is 6.42 Å². The molecule has 1 rings (SSSR count). The second kappa shape index (κ2) is 5.71. The fourth-order valence-electron chi connectivity index (χ4n) is 1.07. The highest BCUT2D eigenvalue weighted by Gasteiger charge is 2.13. The lowest BCUT2D eigenvalue weighted by atomic mass is 10.1. The van der Waals surface area contributed by atoms with Crippen LogP contribution in [0.25, 0.3) is 0 Å². The van der Waals surface area contributed by atoms with Gasteiger partial charge in [-0.05, 0) is 6.92 Å². The number of hydrogen-bond acceptors (Lipinski definition) is 3. The summed E-state index contributed by atoms with van der Waals surface area (Å²) in [6.45, 7) is 1.97. The molecule has 1 atom stereocenters. The molecule has 0 heterocycles. The first-order chi connectivity index (χ1) is 7.27. The van der Waals surface area contributed by atoms with E-state index in [2.05, 4.69) is 10.7 Å². The standard InChI is InChI=1S/C12H12O3/c1-3-11(15-12(13)14-4-2)10-8-6-5-7-9-10/h1,5-9,11H,4H2,2H3/t11-/m1/s1. The summed E-state index contributed by atoms with van der Waals surface area (Å²) in [5.74, 6) is 2.38. The summed E-state index contributed by atoms with van der Waals surface area (Å²) in [4.78, 5) is 11.0. The summed E-state index contributed by atoms with van der Waals surface area (Å²) < 4.78 is 9.57. The Balaban J connectivity index is 2.66. The normalized spacial score (nSPS) is 11.2. The van der Waals surface area contributed by atoms with Gasteiger partial charge in [-0.3, -0.25) is 0 Å². The molecule has 0 amide bonds. The quantitative estimate of drug-likeness (QED) is 0.560. The zero-order chi connectivity index (χ0) is 11.1. The Kier molecular flexibility index (Phi) is 4.24. The van der Waals surface area contributed by atoms with E-state index in [1.54, 1.807) is 19.1 Å². The van der Waals surface area contributed by atoms with E-state index in [0.29, 0.717) is 0 Å². The monoisotopic (exact) mass is 204 g/mol. The minimum Gasteiger partial charge on any atom is -0.435 e. The van der Waals surface area contributed by atoms with Crippen molar-refractivity contribution in [3.05, 3.63) is 35.9 Å². The third-order valence-electron chi connectivity index (χ3n) is 1.73. The highest BCUT2D eigenvalue weighted by molar-refractivity contribution is 5.60. The minimum absolute atomic E-state index is 0.269. The first kappa shape index (κ1) is 11.1. The number of carbonyl (C=O) groups is 1. The van der Waals surface area contributed by atoms with Gasteiger partial charge >= 0.3 is 6.16 Å². The van der Waals surface area contributed by atoms with Crippen LogP contribution < -0.4 is 0 Å². The molecule has 0 fully saturated rings. The van der Waals surface area contributed by atoms with Crippen LogP contribution in [0, 0.1) is 12.3 Å². The van der Waals surface area contributed by atoms with Crippen molar-refractivity contribution in [1.82, 2.24) is 0 Å². The molecule has 1 aromatic carbocycles. The molecule has 3 nitrogen and oxygen atoms in total. The SMILES string of the molecule is C#C[C@@H](OC(=O)OCC)c1ccccc1. The number of benzene rings is 1. The summed E-state index contributed by atoms with van der Waals surface area (Å²) in [7, 11) is 0. The molecule has 1 aromatic rings. The van der Waals surface area contributed by atoms with Gasteiger partial charge < -0.3 is 9.47 Å². The molecule has 0 unspecified atom stereocenters. The predicted molar refractivity (Wildman–Crippen MR) is 56.1 cm³/mol. The second-order valence-electron chi connectivity index (χ2n) is 2.76. The fourth-order valence-corrected chi connectivity index (χ4v) is 1.07. The Morgan fingerprint density at radius 2 is 2.13 bits per heavy atom. The van der Waals surface area contributed by atoms with E-state index in [0.717, 1.165) is 5.56 Å². The van der Waals surface area contributed by atoms with Gasteiger partial charge in [0.1, 0.15) is 0 Å². The van der Waals surface area contributed by atoms with Gasteiger partial charge in [-0.2, -0.15) is 0 Å². The highest BCUT2D eigenvalue weighted by atomic mass is 16.7. The molecule has 0 spiro atoms. The zero-order valence-corrected chi connectivity index (χ0v) is 8.47. The third kappa shape index (κ3) is 3.35. The van der Waals surface area contributed by atoms with E-state index in [9.17, 15) is 4.79 Å². The van der Waals surface area contributed by atoms with Crippen molar-refractivity contribution in [1.29, 1.82) is 0 Å². The van der Waals surface area contributed by atoms with E-state index in [-0.39, 0.29) is 6.61 Å². The summed E-state index contributed by atoms with van der Waals surface area (Å²) in [5.41, 5.74) is 0.757. The Labute approximate surface area is 89.0 Å². The van der Waals surface area contributed by atoms with Gasteiger partial charge in [0.25, 0.3) is 0 Å². The van der Waals surface area contributed by atoms with Crippen LogP contribution >= 0.6 is 0 Å². The molecule has 0 N–H and O–H groups in total. The van der Waals surface area contributed by atoms with Gasteiger partial charge in [-0.25, -0.2) is 4.79 Å². The maximum Gasteiger partial charge on any atom is 0.509 e. The molecule has 78 valence electrons. The van der Waals surface area contributed by atoms with Crippen molar-refractivity contribution in [2.45, 2.75) is 13.0 Å². The number of carbonyl (C=O) groups excluding carboxylic acids is 1. The molecule has 15 heavy (non-hydrogen) atoms. The van der Waals surface area contributed by atoms with Gasteiger partial charge in [0.05, 0.1) is 6.61 Å². The van der Waals surface area contributed by atoms with Gasteiger partial charge in [0, 0.05) is 5.56 Å². The lowest BCUT2D eigenvalue weighted by molar-refractivity contribution is 0.0427. The van der Waals surface area contributed by atoms with Crippen LogP contribution in [0.2, 0.25) is 0 Å². The smallest absolute Gasteiger partial charge is 0.435 e. The van der Waals surface area contributed by atoms with Crippen LogP contribution in [0.3, 0.4) is 0 Å². The number of ether oxygens (including phenoxy) is 2. The second-order valence-corrected chi connectivity index (χ2v) is 2.76. The molecule has 0 aliphatic carbocycles. The van der Waals surface area contributed by atoms with E-state index in [1.807, 2.05) is 18.2 Å². The van der Waals surface area contributed by atoms with Crippen molar-refractivity contribution in [2.75, 3.05) is 6.61 Å². The summed E-state index contributed by atoms with van der Waals surface area (Å²) in [5, 5.41) is 0. The van der Waals surface area contributed by atoms with Crippen LogP contribution in [-0.2, 0) is 9.47 Å². The third-order valence-corrected chi connectivity index (χ3v) is 1.73. The molecule has 0 radical (unpaired) electrons. The topological polar surface area (TPSA) is 35.5 Å². The van der Waals surface area contributed by atoms with Crippen LogP contribution in [0.4, 0.5) is 4.79 Å². The molecule has 0 saturated carbocycles. The number of terminal acetylenes is 1. The van der Waals surface area contributed by atoms with Gasteiger partial charge in [0.15, 0.2) is 6.10 Å². The molecular weight excluding hydrogens is 192 g/mol. The first-order valence-corrected chi connectivity index (χ1v) is 4.62. The van der Waals surface area contributed by atoms with Crippen molar-refractivity contribution < 1.29 is 14.3 Å². The van der Waals surface area contributed by atoms with Crippen molar-refractivity contribution in [2.24, 2.45) is 0 Å². The maximum absolute atomic E-state index is 11.0. The van der Waals surface area contributed by atoms with Crippen LogP contribution in [0.15, 0.2) is 30.3 Å². The minimum atomic E-state index is -0.746. The maximum atomic E-state index is 11.0. The van der Waals surface area contributed by atoms with E-state index in [1.165, 1.54) is 0 Å². The van der Waals surface area contributed by atoms with Gasteiger partial charge in [0.2, 0.25) is 0 Å². The Morgan fingerprint density at radius 3 is 2.67 bits per heavy atom. The lowest BCUT2D eigenvalue weighted by Gasteiger charge is -2.11. The Hall–Kier alpha value is -1.95. The Bertz CT molecular complexity index is 351. The van der Waals surface area contributed by atoms with Crippen LogP contribution in [-0.4, -0.2) is 12.8 Å². The van der Waals surface area contributed by atoms with Crippen LogP contribution in [0.5, 0.6) is 0 Å². The summed E-state index contributed by atoms with van der Waals surface area (Å²) in [6.07, 6.45) is 3.83. The Morgan fingerprint density at radius 1 is 1.47 bits per heavy atom. The fraction of sp³-hybridized carbons (Fsp3) is 0.250. The lowest BCUT2D eigenvalue weighted by Crippen LogP contribution is -2.11. The number of rotatable bonds is 3. The molecule has 0 aliphatic rings. The average molecular weight is 204 g/mol. The zero-order valence-electron chi connectivity index (χ0n) is 8.47. The van der Waals surface area contributed by atoms with E-state index < -0.39 is 12.3 Å². The average Bonchev–Trinajstić information content (AvgIpc) is 2.27. The number of hydrogen-bond donors (Lipinski definition) is 0. The van der Waals surface area contributed by atoms with Crippen LogP contribution in [0.1, 0.15) is 18.6 Å². The largest absolute Gasteiger partial charge is 0.509 e. The molecule has 0 bridgehead atoms. The van der Waals surface area contributed by atoms with E-state index >= 15 is 0 Å². The van der Waals surface area contributed by atoms with Crippen molar-refractivity contribution in [3.63, 3.8) is 0 Å². The molecule has 0 aromatic heterocycles. The summed E-state index contributed by atoms with van der Waals surface area (Å²) >= 11 is 0. The highest BCUT2D eigenvalue weighted by Crippen LogP contribution is 2.16.